The van der Waals surface area contributed by atoms with Crippen molar-refractivity contribution in [2.45, 2.75) is 309 Å². The molecule has 0 aliphatic rings. The molecular formula is C56H107NO5. The molecule has 0 aromatic rings. The van der Waals surface area contributed by atoms with Crippen LogP contribution in [0.1, 0.15) is 296 Å². The molecule has 0 aliphatic carbocycles. The third-order valence-electron chi connectivity index (χ3n) is 12.7. The molecule has 0 aromatic carbocycles. The average molecular weight is 874 g/mol. The molecule has 0 radical (unpaired) electrons. The molecule has 62 heavy (non-hydrogen) atoms. The number of ether oxygens (including phenoxy) is 1. The molecule has 0 bridgehead atoms. The fourth-order valence-electron chi connectivity index (χ4n) is 8.45. The topological polar surface area (TPSA) is 95.9 Å². The molecule has 6 heteroatoms. The Bertz CT molecular complexity index is 966. The Morgan fingerprint density at radius 2 is 0.758 bits per heavy atom. The molecule has 2 atom stereocenters. The van der Waals surface area contributed by atoms with Crippen LogP contribution in [0.25, 0.3) is 0 Å². The SMILES string of the molecule is CCCCCCCCCCCCCCCCCCCCCC/C=C/C(O)C(CO)NC(=O)CCCCCC/C=C\CCCCOC(=O)CCCCCCCCCCCCCCC. The van der Waals surface area contributed by atoms with E-state index in [2.05, 4.69) is 31.3 Å². The lowest BCUT2D eigenvalue weighted by Crippen LogP contribution is -2.45. The maximum absolute atomic E-state index is 12.5. The summed E-state index contributed by atoms with van der Waals surface area (Å²) in [5, 5.41) is 23.1. The van der Waals surface area contributed by atoms with E-state index in [0.717, 1.165) is 77.0 Å². The summed E-state index contributed by atoms with van der Waals surface area (Å²) in [5.74, 6) is -0.138. The van der Waals surface area contributed by atoms with E-state index >= 15 is 0 Å². The van der Waals surface area contributed by atoms with E-state index in [1.807, 2.05) is 6.08 Å². The molecular weight excluding hydrogens is 767 g/mol. The second-order valence-corrected chi connectivity index (χ2v) is 18.9. The Morgan fingerprint density at radius 3 is 1.15 bits per heavy atom. The number of carbonyl (C=O) groups excluding carboxylic acids is 2. The zero-order chi connectivity index (χ0) is 45.1. The molecule has 1 amide bonds. The molecule has 6 nitrogen and oxygen atoms in total. The largest absolute Gasteiger partial charge is 0.466 e. The van der Waals surface area contributed by atoms with Crippen LogP contribution in [0.4, 0.5) is 0 Å². The molecule has 0 aliphatic heterocycles. The van der Waals surface area contributed by atoms with Gasteiger partial charge in [-0.3, -0.25) is 9.59 Å². The number of aliphatic hydroxyl groups excluding tert-OH is 2. The van der Waals surface area contributed by atoms with Crippen molar-refractivity contribution in [1.82, 2.24) is 5.32 Å². The van der Waals surface area contributed by atoms with Crippen molar-refractivity contribution in [3.63, 3.8) is 0 Å². The first-order chi connectivity index (χ1) is 30.5. The lowest BCUT2D eigenvalue weighted by molar-refractivity contribution is -0.143. The highest BCUT2D eigenvalue weighted by Crippen LogP contribution is 2.17. The standard InChI is InChI=1S/C56H107NO5/c1-3-5-7-9-11-13-15-17-18-19-20-21-22-23-24-25-27-28-32-36-40-44-48-54(59)53(52-58)57-55(60)49-45-41-37-33-30-31-35-39-43-47-51-62-56(61)50-46-42-38-34-29-26-16-14-12-10-8-6-4-2/h31,35,44,48,53-54,58-59H,3-30,32-34,36-43,45-47,49-52H2,1-2H3,(H,57,60)/b35-31-,48-44+. The first-order valence-electron chi connectivity index (χ1n) is 27.6. The van der Waals surface area contributed by atoms with Crippen LogP contribution in [0, 0.1) is 0 Å². The van der Waals surface area contributed by atoms with Gasteiger partial charge in [0.1, 0.15) is 0 Å². The summed E-state index contributed by atoms with van der Waals surface area (Å²) in [6.07, 6.45) is 61.9. The maximum Gasteiger partial charge on any atom is 0.305 e. The molecule has 3 N–H and O–H groups in total. The van der Waals surface area contributed by atoms with E-state index in [1.165, 1.54) is 193 Å². The van der Waals surface area contributed by atoms with Crippen molar-refractivity contribution >= 4 is 11.9 Å². The monoisotopic (exact) mass is 874 g/mol. The molecule has 0 heterocycles. The molecule has 0 rings (SSSR count). The predicted octanol–water partition coefficient (Wildman–Crippen LogP) is 16.7. The molecule has 0 aromatic heterocycles. The highest BCUT2D eigenvalue weighted by Gasteiger charge is 2.18. The zero-order valence-electron chi connectivity index (χ0n) is 41.6. The summed E-state index contributed by atoms with van der Waals surface area (Å²) < 4.78 is 5.43. The van der Waals surface area contributed by atoms with E-state index < -0.39 is 12.1 Å². The van der Waals surface area contributed by atoms with Crippen LogP contribution in [0.3, 0.4) is 0 Å². The molecule has 0 fully saturated rings. The number of esters is 1. The first-order valence-corrected chi connectivity index (χ1v) is 27.6. The number of allylic oxidation sites excluding steroid dienone is 3. The summed E-state index contributed by atoms with van der Waals surface area (Å²) in [6, 6.07) is -0.653. The van der Waals surface area contributed by atoms with Gasteiger partial charge in [0.25, 0.3) is 0 Å². The summed E-state index contributed by atoms with van der Waals surface area (Å²) in [5.41, 5.74) is 0. The number of carbonyl (C=O) groups is 2. The third-order valence-corrected chi connectivity index (χ3v) is 12.7. The molecule has 0 spiro atoms. The van der Waals surface area contributed by atoms with Crippen LogP contribution in [0.5, 0.6) is 0 Å². The van der Waals surface area contributed by atoms with Gasteiger partial charge in [0.15, 0.2) is 0 Å². The van der Waals surface area contributed by atoms with Gasteiger partial charge in [0, 0.05) is 12.8 Å². The van der Waals surface area contributed by atoms with Crippen LogP contribution >= 0.6 is 0 Å². The molecule has 2 unspecified atom stereocenters. The number of unbranched alkanes of at least 4 members (excludes halogenated alkanes) is 38. The second-order valence-electron chi connectivity index (χ2n) is 18.9. The molecule has 366 valence electrons. The number of amides is 1. The smallest absolute Gasteiger partial charge is 0.305 e. The Hall–Kier alpha value is -1.66. The van der Waals surface area contributed by atoms with E-state index in [9.17, 15) is 19.8 Å². The Morgan fingerprint density at radius 1 is 0.435 bits per heavy atom. The molecule has 0 saturated carbocycles. The average Bonchev–Trinajstić information content (AvgIpc) is 3.27. The van der Waals surface area contributed by atoms with Crippen LogP contribution in [-0.2, 0) is 14.3 Å². The summed E-state index contributed by atoms with van der Waals surface area (Å²) >= 11 is 0. The lowest BCUT2D eigenvalue weighted by Gasteiger charge is -2.20. The number of aliphatic hydroxyl groups is 2. The highest BCUT2D eigenvalue weighted by molar-refractivity contribution is 5.76. The van der Waals surface area contributed by atoms with E-state index in [-0.39, 0.29) is 18.5 Å². The van der Waals surface area contributed by atoms with Gasteiger partial charge in [0.05, 0.1) is 25.4 Å². The third kappa shape index (κ3) is 47.8. The van der Waals surface area contributed by atoms with Gasteiger partial charge in [-0.25, -0.2) is 0 Å². The highest BCUT2D eigenvalue weighted by atomic mass is 16.5. The fraction of sp³-hybridized carbons (Fsp3) is 0.893. The number of nitrogens with one attached hydrogen (secondary N) is 1. The van der Waals surface area contributed by atoms with Crippen molar-refractivity contribution in [2.24, 2.45) is 0 Å². The normalized spacial score (nSPS) is 12.8. The minimum atomic E-state index is -0.866. The summed E-state index contributed by atoms with van der Waals surface area (Å²) in [6.45, 7) is 4.83. The van der Waals surface area contributed by atoms with Gasteiger partial charge < -0.3 is 20.3 Å². The lowest BCUT2D eigenvalue weighted by atomic mass is 10.0. The van der Waals surface area contributed by atoms with Gasteiger partial charge in [0.2, 0.25) is 5.91 Å². The van der Waals surface area contributed by atoms with Crippen molar-refractivity contribution in [3.8, 4) is 0 Å². The van der Waals surface area contributed by atoms with Crippen LogP contribution in [0.2, 0.25) is 0 Å². The Balaban J connectivity index is 3.55. The Labute approximate surface area is 386 Å². The zero-order valence-corrected chi connectivity index (χ0v) is 41.6. The van der Waals surface area contributed by atoms with Crippen LogP contribution in [0.15, 0.2) is 24.3 Å². The summed E-state index contributed by atoms with van der Waals surface area (Å²) in [4.78, 5) is 24.5. The Kier molecular flexibility index (Phi) is 50.6. The predicted molar refractivity (Wildman–Crippen MR) is 269 cm³/mol. The van der Waals surface area contributed by atoms with Gasteiger partial charge in [-0.2, -0.15) is 0 Å². The minimum absolute atomic E-state index is 0.0365. The van der Waals surface area contributed by atoms with Crippen molar-refractivity contribution in [3.05, 3.63) is 24.3 Å². The van der Waals surface area contributed by atoms with Crippen molar-refractivity contribution in [1.29, 1.82) is 0 Å². The van der Waals surface area contributed by atoms with Crippen LogP contribution < -0.4 is 5.32 Å². The second kappa shape index (κ2) is 52.0. The fourth-order valence-corrected chi connectivity index (χ4v) is 8.45. The van der Waals surface area contributed by atoms with Crippen LogP contribution in [-0.4, -0.2) is 47.4 Å². The van der Waals surface area contributed by atoms with E-state index in [0.29, 0.717) is 19.4 Å². The van der Waals surface area contributed by atoms with Gasteiger partial charge in [-0.15, -0.1) is 0 Å². The van der Waals surface area contributed by atoms with Gasteiger partial charge in [-0.05, 0) is 57.8 Å². The number of hydrogen-bond donors (Lipinski definition) is 3. The first kappa shape index (κ1) is 60.3. The van der Waals surface area contributed by atoms with Crippen molar-refractivity contribution in [2.75, 3.05) is 13.2 Å². The minimum Gasteiger partial charge on any atom is -0.466 e. The van der Waals surface area contributed by atoms with Crippen molar-refractivity contribution < 1.29 is 24.5 Å². The quantitative estimate of drug-likeness (QED) is 0.0321. The number of rotatable bonds is 51. The summed E-state index contributed by atoms with van der Waals surface area (Å²) in [7, 11) is 0. The van der Waals surface area contributed by atoms with E-state index in [4.69, 9.17) is 4.74 Å². The van der Waals surface area contributed by atoms with Gasteiger partial charge in [-0.1, -0.05) is 250 Å². The van der Waals surface area contributed by atoms with Gasteiger partial charge >= 0.3 is 5.97 Å². The maximum atomic E-state index is 12.5. The number of hydrogen-bond acceptors (Lipinski definition) is 5. The van der Waals surface area contributed by atoms with E-state index in [1.54, 1.807) is 6.08 Å². The molecule has 0 saturated heterocycles.